The van der Waals surface area contributed by atoms with E-state index in [2.05, 4.69) is 26.1 Å². The van der Waals surface area contributed by atoms with Gasteiger partial charge >= 0.3 is 5.97 Å². The summed E-state index contributed by atoms with van der Waals surface area (Å²) in [7, 11) is 0. The Labute approximate surface area is 132 Å². The molecule has 1 saturated carbocycles. The summed E-state index contributed by atoms with van der Waals surface area (Å²) in [6, 6.07) is 0. The Morgan fingerprint density at radius 3 is 2.41 bits per heavy atom. The van der Waals surface area contributed by atoms with Crippen molar-refractivity contribution >= 4 is 11.9 Å². The van der Waals surface area contributed by atoms with Crippen molar-refractivity contribution in [3.8, 4) is 0 Å². The van der Waals surface area contributed by atoms with E-state index < -0.39 is 11.5 Å². The van der Waals surface area contributed by atoms with Gasteiger partial charge in [-0.25, -0.2) is 0 Å². The second-order valence-electron chi connectivity index (χ2n) is 8.06. The highest BCUT2D eigenvalue weighted by molar-refractivity contribution is 5.80. The fourth-order valence-corrected chi connectivity index (χ4v) is 4.31. The van der Waals surface area contributed by atoms with Gasteiger partial charge in [0.15, 0.2) is 0 Å². The van der Waals surface area contributed by atoms with Crippen LogP contribution in [-0.2, 0) is 14.3 Å². The molecule has 2 N–H and O–H groups in total. The second kappa shape index (κ2) is 6.57. The quantitative estimate of drug-likeness (QED) is 0.837. The first-order valence-corrected chi connectivity index (χ1v) is 8.33. The summed E-state index contributed by atoms with van der Waals surface area (Å²) in [4.78, 5) is 23.9. The van der Waals surface area contributed by atoms with E-state index in [1.165, 1.54) is 0 Å². The van der Waals surface area contributed by atoms with Crippen molar-refractivity contribution in [1.82, 2.24) is 5.32 Å². The SMILES string of the molecule is CC1CC(C(=O)NC2(CC(=O)O)CCOCC2)CC(C)(C)C1. The van der Waals surface area contributed by atoms with Crippen molar-refractivity contribution in [3.05, 3.63) is 0 Å². The van der Waals surface area contributed by atoms with Crippen molar-refractivity contribution in [3.63, 3.8) is 0 Å². The summed E-state index contributed by atoms with van der Waals surface area (Å²) >= 11 is 0. The van der Waals surface area contributed by atoms with Gasteiger partial charge in [-0.2, -0.15) is 0 Å². The molecule has 5 heteroatoms. The summed E-state index contributed by atoms with van der Waals surface area (Å²) < 4.78 is 5.34. The molecule has 0 spiro atoms. The lowest BCUT2D eigenvalue weighted by molar-refractivity contribution is -0.141. The molecule has 2 rings (SSSR count). The topological polar surface area (TPSA) is 75.6 Å². The smallest absolute Gasteiger partial charge is 0.305 e. The first-order valence-electron chi connectivity index (χ1n) is 8.33. The molecule has 0 aromatic rings. The molecule has 1 heterocycles. The molecular formula is C17H29NO4. The van der Waals surface area contributed by atoms with Crippen LogP contribution < -0.4 is 5.32 Å². The van der Waals surface area contributed by atoms with Crippen LogP contribution in [0.5, 0.6) is 0 Å². The van der Waals surface area contributed by atoms with Gasteiger partial charge in [0, 0.05) is 19.1 Å². The van der Waals surface area contributed by atoms with E-state index in [-0.39, 0.29) is 23.7 Å². The van der Waals surface area contributed by atoms with E-state index in [0.29, 0.717) is 32.0 Å². The Balaban J connectivity index is 2.05. The Bertz CT molecular complexity index is 426. The third-order valence-corrected chi connectivity index (χ3v) is 5.09. The van der Waals surface area contributed by atoms with E-state index in [1.54, 1.807) is 0 Å². The van der Waals surface area contributed by atoms with Crippen LogP contribution in [0.4, 0.5) is 0 Å². The third-order valence-electron chi connectivity index (χ3n) is 5.09. The molecule has 1 aliphatic carbocycles. The monoisotopic (exact) mass is 311 g/mol. The lowest BCUT2D eigenvalue weighted by Gasteiger charge is -2.42. The average molecular weight is 311 g/mol. The zero-order chi connectivity index (χ0) is 16.4. The zero-order valence-electron chi connectivity index (χ0n) is 14.0. The number of carboxylic acids is 1. The Morgan fingerprint density at radius 1 is 1.23 bits per heavy atom. The Kier molecular flexibility index (Phi) is 5.15. The molecule has 2 atom stereocenters. The molecule has 1 aliphatic heterocycles. The standard InChI is InChI=1S/C17H29NO4/c1-12-8-13(10-16(2,3)9-12)15(21)18-17(11-14(19)20)4-6-22-7-5-17/h12-13H,4-11H2,1-3H3,(H,18,21)(H,19,20). The number of ether oxygens (including phenoxy) is 1. The van der Waals surface area contributed by atoms with Crippen molar-refractivity contribution in [2.24, 2.45) is 17.3 Å². The molecule has 0 radical (unpaired) electrons. The molecular weight excluding hydrogens is 282 g/mol. The Hall–Kier alpha value is -1.10. The molecule has 2 unspecified atom stereocenters. The highest BCUT2D eigenvalue weighted by Crippen LogP contribution is 2.42. The van der Waals surface area contributed by atoms with E-state index in [1.807, 2.05) is 0 Å². The largest absolute Gasteiger partial charge is 0.481 e. The normalized spacial score (nSPS) is 30.5. The van der Waals surface area contributed by atoms with Crippen LogP contribution in [-0.4, -0.2) is 35.7 Å². The summed E-state index contributed by atoms with van der Waals surface area (Å²) in [6.07, 6.45) is 4.06. The van der Waals surface area contributed by atoms with Crippen LogP contribution in [0.3, 0.4) is 0 Å². The molecule has 22 heavy (non-hydrogen) atoms. The van der Waals surface area contributed by atoms with Gasteiger partial charge in [-0.15, -0.1) is 0 Å². The van der Waals surface area contributed by atoms with Gasteiger partial charge in [0.25, 0.3) is 0 Å². The summed E-state index contributed by atoms with van der Waals surface area (Å²) in [6.45, 7) is 7.65. The number of amides is 1. The lowest BCUT2D eigenvalue weighted by Crippen LogP contribution is -2.55. The van der Waals surface area contributed by atoms with E-state index in [4.69, 9.17) is 4.74 Å². The first-order chi connectivity index (χ1) is 10.2. The molecule has 0 aromatic heterocycles. The van der Waals surface area contributed by atoms with E-state index in [9.17, 15) is 14.7 Å². The number of nitrogens with one attached hydrogen (secondary N) is 1. The molecule has 1 saturated heterocycles. The Morgan fingerprint density at radius 2 is 1.86 bits per heavy atom. The number of carbonyl (C=O) groups excluding carboxylic acids is 1. The number of hydrogen-bond donors (Lipinski definition) is 2. The van der Waals surface area contributed by atoms with E-state index in [0.717, 1.165) is 19.3 Å². The van der Waals surface area contributed by atoms with Crippen molar-refractivity contribution in [1.29, 1.82) is 0 Å². The molecule has 0 aromatic carbocycles. The van der Waals surface area contributed by atoms with Crippen molar-refractivity contribution in [2.45, 2.75) is 64.8 Å². The number of aliphatic carboxylic acids is 1. The maximum Gasteiger partial charge on any atom is 0.305 e. The average Bonchev–Trinajstić information content (AvgIpc) is 2.36. The van der Waals surface area contributed by atoms with Crippen LogP contribution in [0.15, 0.2) is 0 Å². The third kappa shape index (κ3) is 4.45. The van der Waals surface area contributed by atoms with Crippen LogP contribution >= 0.6 is 0 Å². The number of hydrogen-bond acceptors (Lipinski definition) is 3. The predicted octanol–water partition coefficient (Wildman–Crippen LogP) is 2.59. The van der Waals surface area contributed by atoms with Gasteiger partial charge in [0.2, 0.25) is 5.91 Å². The van der Waals surface area contributed by atoms with Crippen LogP contribution in [0, 0.1) is 17.3 Å². The number of carboxylic acid groups (broad SMARTS) is 1. The zero-order valence-corrected chi connectivity index (χ0v) is 14.0. The predicted molar refractivity (Wildman–Crippen MR) is 83.5 cm³/mol. The molecule has 2 fully saturated rings. The maximum atomic E-state index is 12.7. The minimum Gasteiger partial charge on any atom is -0.481 e. The first kappa shape index (κ1) is 17.3. The van der Waals surface area contributed by atoms with Gasteiger partial charge in [-0.05, 0) is 43.4 Å². The lowest BCUT2D eigenvalue weighted by atomic mass is 9.67. The number of rotatable bonds is 4. The summed E-state index contributed by atoms with van der Waals surface area (Å²) in [5.74, 6) is -0.306. The van der Waals surface area contributed by atoms with E-state index >= 15 is 0 Å². The number of carbonyl (C=O) groups is 2. The van der Waals surface area contributed by atoms with Crippen molar-refractivity contribution < 1.29 is 19.4 Å². The highest BCUT2D eigenvalue weighted by atomic mass is 16.5. The van der Waals surface area contributed by atoms with Gasteiger partial charge in [0.05, 0.1) is 12.0 Å². The highest BCUT2D eigenvalue weighted by Gasteiger charge is 2.41. The summed E-state index contributed by atoms with van der Waals surface area (Å²) in [5.41, 5.74) is -0.457. The molecule has 1 amide bonds. The second-order valence-corrected chi connectivity index (χ2v) is 8.06. The molecule has 126 valence electrons. The molecule has 2 aliphatic rings. The fourth-order valence-electron chi connectivity index (χ4n) is 4.31. The van der Waals surface area contributed by atoms with Crippen molar-refractivity contribution in [2.75, 3.05) is 13.2 Å². The van der Waals surface area contributed by atoms with Gasteiger partial charge in [-0.1, -0.05) is 20.8 Å². The van der Waals surface area contributed by atoms with Gasteiger partial charge in [0.1, 0.15) is 0 Å². The molecule has 5 nitrogen and oxygen atoms in total. The fraction of sp³-hybridized carbons (Fsp3) is 0.882. The van der Waals surface area contributed by atoms with Gasteiger partial charge in [-0.3, -0.25) is 9.59 Å². The molecule has 0 bridgehead atoms. The van der Waals surface area contributed by atoms with Crippen LogP contribution in [0.2, 0.25) is 0 Å². The maximum absolute atomic E-state index is 12.7. The summed E-state index contributed by atoms with van der Waals surface area (Å²) in [5, 5.41) is 12.3. The van der Waals surface area contributed by atoms with Crippen LogP contribution in [0.25, 0.3) is 0 Å². The van der Waals surface area contributed by atoms with Crippen LogP contribution in [0.1, 0.15) is 59.3 Å². The van der Waals surface area contributed by atoms with Gasteiger partial charge < -0.3 is 15.2 Å². The minimum absolute atomic E-state index is 0.00716. The minimum atomic E-state index is -0.862.